The molecule has 3 N–H and O–H groups in total. The number of anilines is 1. The Kier molecular flexibility index (Phi) is 8.74. The summed E-state index contributed by atoms with van der Waals surface area (Å²) in [6.45, 7) is 1.56. The molecule has 1 saturated heterocycles. The summed E-state index contributed by atoms with van der Waals surface area (Å²) in [6.07, 6.45) is 2.66. The highest BCUT2D eigenvalue weighted by molar-refractivity contribution is 5.93. The standard InChI is InChI=1S/C17H25N3O3.ClH/c1-23-15(11-18)10-16(21)19-12-13-5-7-14(8-6-13)20-9-3-2-4-17(20)22;/h5-8,15H,2-4,9-12,18H2,1H3,(H,19,21);1H. The summed E-state index contributed by atoms with van der Waals surface area (Å²) in [5, 5.41) is 2.85. The SMILES string of the molecule is COC(CN)CC(=O)NCc1ccc(N2CCCCC2=O)cc1.Cl. The Morgan fingerprint density at radius 3 is 2.62 bits per heavy atom. The molecular weight excluding hydrogens is 330 g/mol. The average Bonchev–Trinajstić information content (AvgIpc) is 2.59. The Balaban J connectivity index is 0.00000288. The van der Waals surface area contributed by atoms with Crippen molar-refractivity contribution in [1.82, 2.24) is 5.32 Å². The van der Waals surface area contributed by atoms with E-state index in [2.05, 4.69) is 5.32 Å². The van der Waals surface area contributed by atoms with Crippen molar-refractivity contribution in [2.75, 3.05) is 25.1 Å². The maximum Gasteiger partial charge on any atom is 0.226 e. The molecule has 0 aliphatic carbocycles. The van der Waals surface area contributed by atoms with Crippen LogP contribution in [0.3, 0.4) is 0 Å². The van der Waals surface area contributed by atoms with Crippen LogP contribution in [-0.4, -0.2) is 38.1 Å². The number of ether oxygens (including phenoxy) is 1. The van der Waals surface area contributed by atoms with E-state index in [1.54, 1.807) is 7.11 Å². The van der Waals surface area contributed by atoms with Crippen LogP contribution in [0.2, 0.25) is 0 Å². The molecule has 0 radical (unpaired) electrons. The van der Waals surface area contributed by atoms with Gasteiger partial charge in [0.2, 0.25) is 11.8 Å². The molecule has 2 amide bonds. The van der Waals surface area contributed by atoms with Crippen LogP contribution in [-0.2, 0) is 20.9 Å². The van der Waals surface area contributed by atoms with E-state index >= 15 is 0 Å². The lowest BCUT2D eigenvalue weighted by Crippen LogP contribution is -2.35. The van der Waals surface area contributed by atoms with Crippen LogP contribution in [0.5, 0.6) is 0 Å². The first-order valence-corrected chi connectivity index (χ1v) is 8.03. The molecule has 1 heterocycles. The Labute approximate surface area is 149 Å². The average molecular weight is 356 g/mol. The van der Waals surface area contributed by atoms with Crippen LogP contribution in [0.4, 0.5) is 5.69 Å². The monoisotopic (exact) mass is 355 g/mol. The molecule has 1 aliphatic rings. The molecule has 0 bridgehead atoms. The van der Waals surface area contributed by atoms with Crippen molar-refractivity contribution in [1.29, 1.82) is 0 Å². The number of halogens is 1. The van der Waals surface area contributed by atoms with E-state index < -0.39 is 0 Å². The van der Waals surface area contributed by atoms with Gasteiger partial charge >= 0.3 is 0 Å². The second kappa shape index (κ2) is 10.3. The first kappa shape index (κ1) is 20.4. The predicted octanol–water partition coefficient (Wildman–Crippen LogP) is 1.61. The van der Waals surface area contributed by atoms with E-state index in [-0.39, 0.29) is 36.7 Å². The van der Waals surface area contributed by atoms with Gasteiger partial charge in [-0.3, -0.25) is 9.59 Å². The Bertz CT molecular complexity index is 532. The number of hydrogen-bond acceptors (Lipinski definition) is 4. The highest BCUT2D eigenvalue weighted by atomic mass is 35.5. The quantitative estimate of drug-likeness (QED) is 0.778. The van der Waals surface area contributed by atoms with Gasteiger partial charge in [0.25, 0.3) is 0 Å². The third-order valence-corrected chi connectivity index (χ3v) is 4.07. The Morgan fingerprint density at radius 1 is 1.33 bits per heavy atom. The molecule has 24 heavy (non-hydrogen) atoms. The molecule has 0 saturated carbocycles. The number of methoxy groups -OCH3 is 1. The van der Waals surface area contributed by atoms with Gasteiger partial charge in [-0.05, 0) is 30.5 Å². The molecule has 1 fully saturated rings. The summed E-state index contributed by atoms with van der Waals surface area (Å²) in [7, 11) is 1.55. The number of nitrogens with zero attached hydrogens (tertiary/aromatic N) is 1. The third kappa shape index (κ3) is 5.78. The first-order chi connectivity index (χ1) is 11.1. The predicted molar refractivity (Wildman–Crippen MR) is 96.2 cm³/mol. The normalized spacial score (nSPS) is 15.6. The number of carbonyl (C=O) groups excluding carboxylic acids is 2. The van der Waals surface area contributed by atoms with Gasteiger partial charge in [0, 0.05) is 38.9 Å². The van der Waals surface area contributed by atoms with Gasteiger partial charge in [0.05, 0.1) is 12.5 Å². The van der Waals surface area contributed by atoms with E-state index in [0.717, 1.165) is 30.6 Å². The van der Waals surface area contributed by atoms with Crippen LogP contribution in [0.1, 0.15) is 31.2 Å². The van der Waals surface area contributed by atoms with Crippen LogP contribution in [0.15, 0.2) is 24.3 Å². The number of hydrogen-bond donors (Lipinski definition) is 2. The van der Waals surface area contributed by atoms with Crippen LogP contribution in [0.25, 0.3) is 0 Å². The number of piperidine rings is 1. The van der Waals surface area contributed by atoms with Gasteiger partial charge in [0.1, 0.15) is 0 Å². The molecular formula is C17H26ClN3O3. The second-order valence-corrected chi connectivity index (χ2v) is 5.74. The zero-order valence-electron chi connectivity index (χ0n) is 14.0. The molecule has 1 aromatic carbocycles. The topological polar surface area (TPSA) is 84.7 Å². The fraction of sp³-hybridized carbons (Fsp3) is 0.529. The van der Waals surface area contributed by atoms with Gasteiger partial charge in [-0.1, -0.05) is 12.1 Å². The minimum Gasteiger partial charge on any atom is -0.380 e. The van der Waals surface area contributed by atoms with E-state index in [0.29, 0.717) is 19.5 Å². The van der Waals surface area contributed by atoms with Gasteiger partial charge < -0.3 is 20.7 Å². The fourth-order valence-corrected chi connectivity index (χ4v) is 2.62. The lowest BCUT2D eigenvalue weighted by Gasteiger charge is -2.26. The minimum absolute atomic E-state index is 0. The van der Waals surface area contributed by atoms with Gasteiger partial charge in [-0.25, -0.2) is 0 Å². The second-order valence-electron chi connectivity index (χ2n) is 5.74. The lowest BCUT2D eigenvalue weighted by atomic mass is 10.1. The van der Waals surface area contributed by atoms with E-state index in [1.807, 2.05) is 29.2 Å². The summed E-state index contributed by atoms with van der Waals surface area (Å²) >= 11 is 0. The highest BCUT2D eigenvalue weighted by Gasteiger charge is 2.19. The van der Waals surface area contributed by atoms with Crippen LogP contribution in [0, 0.1) is 0 Å². The van der Waals surface area contributed by atoms with Crippen molar-refractivity contribution in [3.05, 3.63) is 29.8 Å². The number of nitrogens with two attached hydrogens (primary N) is 1. The van der Waals surface area contributed by atoms with Crippen LogP contribution >= 0.6 is 12.4 Å². The van der Waals surface area contributed by atoms with E-state index in [1.165, 1.54) is 0 Å². The number of rotatable bonds is 7. The van der Waals surface area contributed by atoms with Crippen molar-refractivity contribution in [3.8, 4) is 0 Å². The number of benzene rings is 1. The van der Waals surface area contributed by atoms with Crippen LogP contribution < -0.4 is 16.0 Å². The molecule has 0 spiro atoms. The van der Waals surface area contributed by atoms with E-state index in [9.17, 15) is 9.59 Å². The lowest BCUT2D eigenvalue weighted by molar-refractivity contribution is -0.123. The smallest absolute Gasteiger partial charge is 0.226 e. The summed E-state index contributed by atoms with van der Waals surface area (Å²) in [6, 6.07) is 7.74. The number of nitrogens with one attached hydrogen (secondary N) is 1. The Morgan fingerprint density at radius 2 is 2.04 bits per heavy atom. The maximum absolute atomic E-state index is 11.9. The highest BCUT2D eigenvalue weighted by Crippen LogP contribution is 2.21. The molecule has 134 valence electrons. The van der Waals surface area contributed by atoms with Crippen molar-refractivity contribution in [3.63, 3.8) is 0 Å². The van der Waals surface area contributed by atoms with Crippen molar-refractivity contribution in [2.45, 2.75) is 38.3 Å². The minimum atomic E-state index is -0.248. The summed E-state index contributed by atoms with van der Waals surface area (Å²) in [5.74, 6) is 0.0993. The van der Waals surface area contributed by atoms with Gasteiger partial charge in [-0.15, -0.1) is 12.4 Å². The molecule has 2 rings (SSSR count). The van der Waals surface area contributed by atoms with Crippen molar-refractivity contribution in [2.24, 2.45) is 5.73 Å². The molecule has 1 aliphatic heterocycles. The molecule has 6 nitrogen and oxygen atoms in total. The van der Waals surface area contributed by atoms with E-state index in [4.69, 9.17) is 10.5 Å². The molecule has 1 aromatic rings. The largest absolute Gasteiger partial charge is 0.380 e. The maximum atomic E-state index is 11.9. The molecule has 1 atom stereocenters. The zero-order valence-corrected chi connectivity index (χ0v) is 14.8. The number of carbonyl (C=O) groups is 2. The first-order valence-electron chi connectivity index (χ1n) is 8.03. The Hall–Kier alpha value is -1.63. The molecule has 0 aromatic heterocycles. The van der Waals surface area contributed by atoms with Gasteiger partial charge in [-0.2, -0.15) is 0 Å². The third-order valence-electron chi connectivity index (χ3n) is 4.07. The van der Waals surface area contributed by atoms with Crippen molar-refractivity contribution < 1.29 is 14.3 Å². The summed E-state index contributed by atoms with van der Waals surface area (Å²) in [4.78, 5) is 25.5. The van der Waals surface area contributed by atoms with Gasteiger partial charge in [0.15, 0.2) is 0 Å². The zero-order chi connectivity index (χ0) is 16.7. The van der Waals surface area contributed by atoms with Crippen molar-refractivity contribution >= 4 is 29.9 Å². The summed E-state index contributed by atoms with van der Waals surface area (Å²) < 4.78 is 5.09. The molecule has 1 unspecified atom stereocenters. The summed E-state index contributed by atoms with van der Waals surface area (Å²) in [5.41, 5.74) is 7.42. The number of amides is 2. The fourth-order valence-electron chi connectivity index (χ4n) is 2.62. The molecule has 7 heteroatoms.